The van der Waals surface area contributed by atoms with E-state index in [1.54, 1.807) is 25.1 Å². The molecule has 2 rings (SSSR count). The SMILES string of the molecule is Cc1ccc([N+](=O)[O-])cc1N(C(C)C(=O)Nc1cccc(Cl)c1)S(C)(=O)=O. The lowest BCUT2D eigenvalue weighted by atomic mass is 10.1. The van der Waals surface area contributed by atoms with E-state index in [-0.39, 0.29) is 11.4 Å². The number of rotatable bonds is 6. The molecule has 1 atom stereocenters. The molecule has 2 aromatic rings. The number of halogens is 1. The Labute approximate surface area is 162 Å². The van der Waals surface area contributed by atoms with Gasteiger partial charge in [-0.25, -0.2) is 8.42 Å². The van der Waals surface area contributed by atoms with Crippen molar-refractivity contribution in [3.8, 4) is 0 Å². The molecule has 0 aliphatic rings. The van der Waals surface area contributed by atoms with Crippen LogP contribution < -0.4 is 9.62 Å². The standard InChI is InChI=1S/C17H18ClN3O5S/c1-11-7-8-15(21(23)24)10-16(11)20(27(3,25)26)12(2)17(22)19-14-6-4-5-13(18)9-14/h4-10,12H,1-3H3,(H,19,22). The van der Waals surface area contributed by atoms with Crippen molar-refractivity contribution in [3.05, 3.63) is 63.2 Å². The largest absolute Gasteiger partial charge is 0.324 e. The number of anilines is 2. The summed E-state index contributed by atoms with van der Waals surface area (Å²) in [5.41, 5.74) is 0.684. The van der Waals surface area contributed by atoms with Crippen LogP contribution in [0.4, 0.5) is 17.1 Å². The van der Waals surface area contributed by atoms with Crippen LogP contribution in [0.3, 0.4) is 0 Å². The van der Waals surface area contributed by atoms with Gasteiger partial charge in [-0.2, -0.15) is 0 Å². The molecule has 27 heavy (non-hydrogen) atoms. The molecule has 0 aliphatic heterocycles. The minimum absolute atomic E-state index is 0.0699. The highest BCUT2D eigenvalue weighted by molar-refractivity contribution is 7.92. The molecular weight excluding hydrogens is 394 g/mol. The van der Waals surface area contributed by atoms with Crippen molar-refractivity contribution in [2.45, 2.75) is 19.9 Å². The molecule has 0 saturated heterocycles. The Morgan fingerprint density at radius 2 is 1.93 bits per heavy atom. The van der Waals surface area contributed by atoms with Crippen LogP contribution in [-0.2, 0) is 14.8 Å². The maximum absolute atomic E-state index is 12.6. The molecule has 1 amide bonds. The number of sulfonamides is 1. The number of hydrogen-bond acceptors (Lipinski definition) is 5. The number of non-ortho nitro benzene ring substituents is 1. The summed E-state index contributed by atoms with van der Waals surface area (Å²) in [5.74, 6) is -0.603. The van der Waals surface area contributed by atoms with Gasteiger partial charge in [-0.3, -0.25) is 19.2 Å². The average molecular weight is 412 g/mol. The zero-order valence-corrected chi connectivity index (χ0v) is 16.4. The summed E-state index contributed by atoms with van der Waals surface area (Å²) >= 11 is 5.89. The molecule has 0 heterocycles. The molecule has 144 valence electrons. The number of amides is 1. The number of nitro groups is 1. The maximum Gasteiger partial charge on any atom is 0.271 e. The Hall–Kier alpha value is -2.65. The van der Waals surface area contributed by atoms with E-state index in [1.165, 1.54) is 25.1 Å². The predicted octanol–water partition coefficient (Wildman–Crippen LogP) is 3.35. The minimum atomic E-state index is -3.90. The average Bonchev–Trinajstić information content (AvgIpc) is 2.55. The van der Waals surface area contributed by atoms with Crippen LogP contribution in [0.5, 0.6) is 0 Å². The molecule has 0 saturated carbocycles. The van der Waals surface area contributed by atoms with E-state index in [2.05, 4.69) is 5.32 Å². The Morgan fingerprint density at radius 1 is 1.26 bits per heavy atom. The molecule has 0 radical (unpaired) electrons. The fourth-order valence-corrected chi connectivity index (χ4v) is 3.96. The Balaban J connectivity index is 2.44. The number of benzene rings is 2. The summed E-state index contributed by atoms with van der Waals surface area (Å²) < 4.78 is 25.6. The van der Waals surface area contributed by atoms with Crippen LogP contribution in [-0.4, -0.2) is 31.5 Å². The first-order valence-corrected chi connectivity index (χ1v) is 10.0. The fraction of sp³-hybridized carbons (Fsp3) is 0.235. The van der Waals surface area contributed by atoms with E-state index in [0.29, 0.717) is 16.3 Å². The summed E-state index contributed by atoms with van der Waals surface area (Å²) in [6.45, 7) is 3.01. The van der Waals surface area contributed by atoms with E-state index in [0.717, 1.165) is 16.6 Å². The second-order valence-electron chi connectivity index (χ2n) is 5.96. The predicted molar refractivity (Wildman–Crippen MR) is 105 cm³/mol. The highest BCUT2D eigenvalue weighted by Crippen LogP contribution is 2.29. The first-order valence-electron chi connectivity index (χ1n) is 7.81. The molecule has 0 bridgehead atoms. The van der Waals surface area contributed by atoms with Gasteiger partial charge in [0.1, 0.15) is 6.04 Å². The number of nitrogens with one attached hydrogen (secondary N) is 1. The van der Waals surface area contributed by atoms with Crippen LogP contribution in [0.25, 0.3) is 0 Å². The van der Waals surface area contributed by atoms with Crippen LogP contribution >= 0.6 is 11.6 Å². The lowest BCUT2D eigenvalue weighted by Crippen LogP contribution is -2.45. The van der Waals surface area contributed by atoms with Crippen LogP contribution in [0.15, 0.2) is 42.5 Å². The molecule has 10 heteroatoms. The normalized spacial score (nSPS) is 12.3. The summed E-state index contributed by atoms with van der Waals surface area (Å²) in [6, 6.07) is 9.11. The minimum Gasteiger partial charge on any atom is -0.324 e. The number of carbonyl (C=O) groups is 1. The first kappa shape index (κ1) is 20.7. The van der Waals surface area contributed by atoms with Crippen molar-refractivity contribution in [1.29, 1.82) is 0 Å². The topological polar surface area (TPSA) is 110 Å². The van der Waals surface area contributed by atoms with Gasteiger partial charge in [0.25, 0.3) is 5.69 Å². The number of hydrogen-bond donors (Lipinski definition) is 1. The van der Waals surface area contributed by atoms with E-state index >= 15 is 0 Å². The number of nitro benzene ring substituents is 1. The lowest BCUT2D eigenvalue weighted by Gasteiger charge is -2.29. The molecular formula is C17H18ClN3O5S. The molecule has 2 aromatic carbocycles. The number of nitrogens with zero attached hydrogens (tertiary/aromatic N) is 2. The van der Waals surface area contributed by atoms with Crippen LogP contribution in [0, 0.1) is 17.0 Å². The van der Waals surface area contributed by atoms with Gasteiger partial charge in [0.05, 0.1) is 16.9 Å². The van der Waals surface area contributed by atoms with Gasteiger partial charge in [0.15, 0.2) is 0 Å². The van der Waals surface area contributed by atoms with E-state index in [4.69, 9.17) is 11.6 Å². The van der Waals surface area contributed by atoms with Gasteiger partial charge in [-0.1, -0.05) is 23.7 Å². The number of aryl methyl sites for hydroxylation is 1. The third kappa shape index (κ3) is 4.95. The van der Waals surface area contributed by atoms with Crippen molar-refractivity contribution >= 4 is 44.6 Å². The fourth-order valence-electron chi connectivity index (χ4n) is 2.54. The van der Waals surface area contributed by atoms with Gasteiger partial charge in [0.2, 0.25) is 15.9 Å². The van der Waals surface area contributed by atoms with Crippen LogP contribution in [0.2, 0.25) is 5.02 Å². The molecule has 0 aliphatic carbocycles. The van der Waals surface area contributed by atoms with E-state index < -0.39 is 26.9 Å². The molecule has 0 aromatic heterocycles. The molecule has 1 N–H and O–H groups in total. The Bertz CT molecular complexity index is 994. The molecule has 8 nitrogen and oxygen atoms in total. The zero-order valence-electron chi connectivity index (χ0n) is 14.8. The molecule has 0 spiro atoms. The number of carbonyl (C=O) groups excluding carboxylic acids is 1. The summed E-state index contributed by atoms with van der Waals surface area (Å²) in [6.07, 6.45) is 0.939. The van der Waals surface area contributed by atoms with Gasteiger partial charge in [0, 0.05) is 22.8 Å². The van der Waals surface area contributed by atoms with Crippen molar-refractivity contribution in [2.75, 3.05) is 15.9 Å². The second-order valence-corrected chi connectivity index (χ2v) is 8.26. The third-order valence-electron chi connectivity index (χ3n) is 3.82. The smallest absolute Gasteiger partial charge is 0.271 e. The molecule has 1 unspecified atom stereocenters. The summed E-state index contributed by atoms with van der Waals surface area (Å²) in [7, 11) is -3.90. The van der Waals surface area contributed by atoms with Crippen LogP contribution in [0.1, 0.15) is 12.5 Å². The Morgan fingerprint density at radius 3 is 2.48 bits per heavy atom. The maximum atomic E-state index is 12.6. The second kappa shape index (κ2) is 7.93. The Kier molecular flexibility index (Phi) is 6.07. The van der Waals surface area contributed by atoms with E-state index in [1.807, 2.05) is 0 Å². The van der Waals surface area contributed by atoms with Crippen molar-refractivity contribution in [2.24, 2.45) is 0 Å². The molecule has 0 fully saturated rings. The first-order chi connectivity index (χ1) is 12.5. The third-order valence-corrected chi connectivity index (χ3v) is 5.28. The van der Waals surface area contributed by atoms with Gasteiger partial charge in [-0.05, 0) is 37.6 Å². The summed E-state index contributed by atoms with van der Waals surface area (Å²) in [5, 5.41) is 14.1. The van der Waals surface area contributed by atoms with Gasteiger partial charge >= 0.3 is 0 Å². The van der Waals surface area contributed by atoms with Crippen molar-refractivity contribution in [3.63, 3.8) is 0 Å². The highest BCUT2D eigenvalue weighted by Gasteiger charge is 2.31. The van der Waals surface area contributed by atoms with Crippen molar-refractivity contribution in [1.82, 2.24) is 0 Å². The van der Waals surface area contributed by atoms with Crippen molar-refractivity contribution < 1.29 is 18.1 Å². The zero-order chi connectivity index (χ0) is 20.4. The monoisotopic (exact) mass is 411 g/mol. The lowest BCUT2D eigenvalue weighted by molar-refractivity contribution is -0.384. The quantitative estimate of drug-likeness (QED) is 0.579. The summed E-state index contributed by atoms with van der Waals surface area (Å²) in [4.78, 5) is 23.1. The van der Waals surface area contributed by atoms with Gasteiger partial charge in [-0.15, -0.1) is 0 Å². The highest BCUT2D eigenvalue weighted by atomic mass is 35.5. The van der Waals surface area contributed by atoms with Gasteiger partial charge < -0.3 is 5.32 Å². The van der Waals surface area contributed by atoms with E-state index in [9.17, 15) is 23.3 Å².